The molecule has 0 atom stereocenters. The summed E-state index contributed by atoms with van der Waals surface area (Å²) in [5.41, 5.74) is 1.19. The summed E-state index contributed by atoms with van der Waals surface area (Å²) in [6, 6.07) is 13.1. The van der Waals surface area contributed by atoms with Gasteiger partial charge in [0.1, 0.15) is 0 Å². The highest BCUT2D eigenvalue weighted by atomic mass is 32.2. The third kappa shape index (κ3) is 7.19. The number of halogens is 2. The average Bonchev–Trinajstić information content (AvgIpc) is 2.60. The van der Waals surface area contributed by atoms with Gasteiger partial charge in [-0.2, -0.15) is 8.78 Å². The molecular formula is C20H23F2N3O2S. The van der Waals surface area contributed by atoms with E-state index >= 15 is 0 Å². The molecule has 2 amide bonds. The summed E-state index contributed by atoms with van der Waals surface area (Å²) in [5.74, 6) is -3.10. The Hall–Kier alpha value is -2.61. The largest absolute Gasteiger partial charge is 0.376 e. The lowest BCUT2D eigenvalue weighted by Crippen LogP contribution is -2.40. The minimum atomic E-state index is -2.56. The van der Waals surface area contributed by atoms with E-state index < -0.39 is 5.76 Å². The van der Waals surface area contributed by atoms with E-state index in [-0.39, 0.29) is 23.9 Å². The summed E-state index contributed by atoms with van der Waals surface area (Å²) in [5, 5.41) is 8.43. The van der Waals surface area contributed by atoms with Gasteiger partial charge in [0, 0.05) is 21.7 Å². The van der Waals surface area contributed by atoms with E-state index in [0.29, 0.717) is 33.6 Å². The first-order chi connectivity index (χ1) is 13.1. The zero-order valence-electron chi connectivity index (χ0n) is 15.9. The number of carbonyl (C=O) groups is 2. The molecule has 0 aliphatic rings. The van der Waals surface area contributed by atoms with Crippen molar-refractivity contribution in [1.29, 1.82) is 0 Å². The second kappa shape index (κ2) is 9.54. The van der Waals surface area contributed by atoms with Gasteiger partial charge in [-0.3, -0.25) is 9.59 Å². The van der Waals surface area contributed by atoms with Crippen molar-refractivity contribution in [3.8, 4) is 0 Å². The second-order valence-corrected chi connectivity index (χ2v) is 8.09. The van der Waals surface area contributed by atoms with Crippen molar-refractivity contribution in [1.82, 2.24) is 5.32 Å². The van der Waals surface area contributed by atoms with E-state index in [2.05, 4.69) is 16.0 Å². The van der Waals surface area contributed by atoms with Crippen molar-refractivity contribution in [2.75, 3.05) is 17.2 Å². The van der Waals surface area contributed by atoms with E-state index in [1.54, 1.807) is 42.5 Å². The van der Waals surface area contributed by atoms with Gasteiger partial charge in [-0.15, -0.1) is 0 Å². The number of amides is 2. The summed E-state index contributed by atoms with van der Waals surface area (Å²) in [6.07, 6.45) is 0. The van der Waals surface area contributed by atoms with Crippen LogP contribution in [-0.2, 0) is 4.79 Å². The van der Waals surface area contributed by atoms with Gasteiger partial charge in [-0.05, 0) is 57.2 Å². The standard InChI is InChI=1S/C20H23F2N3O2S/c1-20(2,3)25-18(27)13-8-10-14(11-9-13)23-12-17(26)24-15-6-4-5-7-16(15)28-19(21)22/h4-11,19,23H,12H2,1-3H3,(H,24,26)(H,25,27). The summed E-state index contributed by atoms with van der Waals surface area (Å²) in [6.45, 7) is 5.66. The molecule has 5 nitrogen and oxygen atoms in total. The number of benzene rings is 2. The van der Waals surface area contributed by atoms with E-state index in [1.165, 1.54) is 6.07 Å². The quantitative estimate of drug-likeness (QED) is 0.588. The zero-order valence-corrected chi connectivity index (χ0v) is 16.7. The Kier molecular flexibility index (Phi) is 7.39. The van der Waals surface area contributed by atoms with Gasteiger partial charge in [0.2, 0.25) is 5.91 Å². The van der Waals surface area contributed by atoms with Crippen molar-refractivity contribution in [2.24, 2.45) is 0 Å². The molecule has 150 valence electrons. The summed E-state index contributed by atoms with van der Waals surface area (Å²) in [4.78, 5) is 24.5. The van der Waals surface area contributed by atoms with Crippen molar-refractivity contribution in [3.05, 3.63) is 54.1 Å². The molecule has 0 fully saturated rings. The summed E-state index contributed by atoms with van der Waals surface area (Å²) in [7, 11) is 0. The lowest BCUT2D eigenvalue weighted by atomic mass is 10.1. The fraction of sp³-hybridized carbons (Fsp3) is 0.300. The van der Waals surface area contributed by atoms with E-state index in [1.807, 2.05) is 20.8 Å². The highest BCUT2D eigenvalue weighted by molar-refractivity contribution is 7.99. The number of hydrogen-bond acceptors (Lipinski definition) is 4. The number of thioether (sulfide) groups is 1. The highest BCUT2D eigenvalue weighted by Crippen LogP contribution is 2.31. The van der Waals surface area contributed by atoms with Crippen molar-refractivity contribution in [2.45, 2.75) is 37.0 Å². The molecule has 0 aliphatic carbocycles. The highest BCUT2D eigenvalue weighted by Gasteiger charge is 2.15. The Balaban J connectivity index is 1.91. The van der Waals surface area contributed by atoms with Crippen LogP contribution >= 0.6 is 11.8 Å². The van der Waals surface area contributed by atoms with Crippen molar-refractivity contribution < 1.29 is 18.4 Å². The number of anilines is 2. The van der Waals surface area contributed by atoms with Gasteiger partial charge < -0.3 is 16.0 Å². The molecule has 0 radical (unpaired) electrons. The van der Waals surface area contributed by atoms with E-state index in [9.17, 15) is 18.4 Å². The molecule has 8 heteroatoms. The first-order valence-electron chi connectivity index (χ1n) is 8.64. The smallest absolute Gasteiger partial charge is 0.288 e. The number of alkyl halides is 2. The Labute approximate surface area is 167 Å². The lowest BCUT2D eigenvalue weighted by molar-refractivity contribution is -0.114. The maximum Gasteiger partial charge on any atom is 0.288 e. The van der Waals surface area contributed by atoms with Crippen LogP contribution in [0, 0.1) is 0 Å². The molecule has 2 aromatic rings. The topological polar surface area (TPSA) is 70.2 Å². The minimum Gasteiger partial charge on any atom is -0.376 e. The molecule has 0 spiro atoms. The fourth-order valence-electron chi connectivity index (χ4n) is 2.30. The molecule has 0 unspecified atom stereocenters. The van der Waals surface area contributed by atoms with Crippen LogP contribution in [0.4, 0.5) is 20.2 Å². The number of rotatable bonds is 7. The van der Waals surface area contributed by atoms with E-state index in [4.69, 9.17) is 0 Å². The zero-order chi connectivity index (χ0) is 20.7. The molecule has 0 saturated heterocycles. The number of carbonyl (C=O) groups excluding carboxylic acids is 2. The summed E-state index contributed by atoms with van der Waals surface area (Å²) >= 11 is 0.383. The lowest BCUT2D eigenvalue weighted by Gasteiger charge is -2.20. The monoisotopic (exact) mass is 407 g/mol. The van der Waals surface area contributed by atoms with Crippen LogP contribution in [0.1, 0.15) is 31.1 Å². The first kappa shape index (κ1) is 21.7. The van der Waals surface area contributed by atoms with Gasteiger partial charge in [0.25, 0.3) is 11.7 Å². The van der Waals surface area contributed by atoms with Crippen LogP contribution in [0.5, 0.6) is 0 Å². The normalized spacial score (nSPS) is 11.2. The van der Waals surface area contributed by atoms with Crippen molar-refractivity contribution >= 4 is 35.0 Å². The number of hydrogen-bond donors (Lipinski definition) is 3. The second-order valence-electron chi connectivity index (χ2n) is 7.06. The van der Waals surface area contributed by atoms with Crippen LogP contribution in [0.3, 0.4) is 0 Å². The predicted molar refractivity (Wildman–Crippen MR) is 109 cm³/mol. The number of nitrogens with one attached hydrogen (secondary N) is 3. The van der Waals surface area contributed by atoms with Gasteiger partial charge >= 0.3 is 0 Å². The molecule has 2 aromatic carbocycles. The molecule has 0 aromatic heterocycles. The van der Waals surface area contributed by atoms with Gasteiger partial charge in [-0.25, -0.2) is 0 Å². The van der Waals surface area contributed by atoms with Gasteiger partial charge in [0.15, 0.2) is 0 Å². The minimum absolute atomic E-state index is 0.0405. The molecule has 3 N–H and O–H groups in total. The SMILES string of the molecule is CC(C)(C)NC(=O)c1ccc(NCC(=O)Nc2ccccc2SC(F)F)cc1. The van der Waals surface area contributed by atoms with Crippen LogP contribution < -0.4 is 16.0 Å². The molecule has 0 saturated carbocycles. The Morgan fingerprint density at radius 3 is 2.29 bits per heavy atom. The summed E-state index contributed by atoms with van der Waals surface area (Å²) < 4.78 is 25.2. The average molecular weight is 407 g/mol. The maximum absolute atomic E-state index is 12.6. The number of para-hydroxylation sites is 1. The molecule has 28 heavy (non-hydrogen) atoms. The van der Waals surface area contributed by atoms with E-state index in [0.717, 1.165) is 0 Å². The van der Waals surface area contributed by atoms with Crippen LogP contribution in [0.15, 0.2) is 53.4 Å². The molecule has 0 heterocycles. The van der Waals surface area contributed by atoms with Crippen LogP contribution in [0.2, 0.25) is 0 Å². The van der Waals surface area contributed by atoms with Gasteiger partial charge in [-0.1, -0.05) is 23.9 Å². The van der Waals surface area contributed by atoms with Gasteiger partial charge in [0.05, 0.1) is 12.2 Å². The first-order valence-corrected chi connectivity index (χ1v) is 9.52. The third-order valence-electron chi connectivity index (χ3n) is 3.47. The Morgan fingerprint density at radius 2 is 1.68 bits per heavy atom. The fourth-order valence-corrected chi connectivity index (χ4v) is 2.89. The van der Waals surface area contributed by atoms with Crippen LogP contribution in [0.25, 0.3) is 0 Å². The van der Waals surface area contributed by atoms with Crippen LogP contribution in [-0.4, -0.2) is 29.7 Å². The third-order valence-corrected chi connectivity index (χ3v) is 4.25. The molecule has 2 rings (SSSR count). The Bertz CT molecular complexity index is 821. The molecule has 0 aliphatic heterocycles. The molecular weight excluding hydrogens is 384 g/mol. The Morgan fingerprint density at radius 1 is 1.04 bits per heavy atom. The predicted octanol–water partition coefficient (Wildman–Crippen LogP) is 4.58. The molecule has 0 bridgehead atoms. The van der Waals surface area contributed by atoms with Crippen molar-refractivity contribution in [3.63, 3.8) is 0 Å². The maximum atomic E-state index is 12.6.